The fourth-order valence-electron chi connectivity index (χ4n) is 2.93. The van der Waals surface area contributed by atoms with Crippen LogP contribution in [0.5, 0.6) is 0 Å². The van der Waals surface area contributed by atoms with Gasteiger partial charge in [-0.3, -0.25) is 9.59 Å². The van der Waals surface area contributed by atoms with E-state index in [1.165, 1.54) is 6.07 Å². The zero-order valence-corrected chi connectivity index (χ0v) is 14.0. The standard InChI is InChI=1S/C16H20N4O4/c1-9-12(10(2)24-19-9)6-16(22)20-4-5-23-8-14(20)13-7-15(21)18-11(3)17-13/h7,14H,4-6,8H2,1-3H3,(H,17,18,21)/t14-/m1/s1. The Hall–Kier alpha value is -2.48. The summed E-state index contributed by atoms with van der Waals surface area (Å²) in [6.45, 7) is 6.57. The lowest BCUT2D eigenvalue weighted by atomic mass is 10.1. The van der Waals surface area contributed by atoms with Crippen LogP contribution in [0.2, 0.25) is 0 Å². The average molecular weight is 332 g/mol. The first-order valence-electron chi connectivity index (χ1n) is 7.82. The second kappa shape index (κ2) is 6.56. The predicted molar refractivity (Wildman–Crippen MR) is 84.5 cm³/mol. The first kappa shape index (κ1) is 16.4. The maximum atomic E-state index is 12.8. The Morgan fingerprint density at radius 1 is 1.42 bits per heavy atom. The summed E-state index contributed by atoms with van der Waals surface area (Å²) >= 11 is 0. The first-order valence-corrected chi connectivity index (χ1v) is 7.82. The molecule has 1 fully saturated rings. The van der Waals surface area contributed by atoms with Crippen molar-refractivity contribution in [2.75, 3.05) is 19.8 Å². The molecule has 0 spiro atoms. The summed E-state index contributed by atoms with van der Waals surface area (Å²) in [4.78, 5) is 33.2. The number of hydrogen-bond donors (Lipinski definition) is 1. The summed E-state index contributed by atoms with van der Waals surface area (Å²) in [6.07, 6.45) is 0.208. The molecule has 1 aliphatic rings. The van der Waals surface area contributed by atoms with E-state index in [1.54, 1.807) is 18.7 Å². The SMILES string of the molecule is Cc1nc([C@H]2COCCN2C(=O)Cc2c(C)noc2C)cc(=O)[nH]1. The van der Waals surface area contributed by atoms with Crippen LogP contribution in [0, 0.1) is 20.8 Å². The Kier molecular flexibility index (Phi) is 4.48. The van der Waals surface area contributed by atoms with E-state index in [2.05, 4.69) is 15.1 Å². The third-order valence-electron chi connectivity index (χ3n) is 4.18. The summed E-state index contributed by atoms with van der Waals surface area (Å²) in [5.41, 5.74) is 1.83. The number of hydrogen-bond acceptors (Lipinski definition) is 6. The fraction of sp³-hybridized carbons (Fsp3) is 0.500. The van der Waals surface area contributed by atoms with E-state index in [4.69, 9.17) is 9.26 Å². The van der Waals surface area contributed by atoms with Crippen molar-refractivity contribution in [3.8, 4) is 0 Å². The summed E-state index contributed by atoms with van der Waals surface area (Å²) in [6, 6.07) is 1.05. The highest BCUT2D eigenvalue weighted by molar-refractivity contribution is 5.79. The Morgan fingerprint density at radius 3 is 2.88 bits per heavy atom. The molecule has 1 aliphatic heterocycles. The van der Waals surface area contributed by atoms with Gasteiger partial charge in [0.25, 0.3) is 5.56 Å². The molecule has 1 amide bonds. The van der Waals surface area contributed by atoms with Gasteiger partial charge in [0.05, 0.1) is 37.1 Å². The van der Waals surface area contributed by atoms with E-state index in [9.17, 15) is 9.59 Å². The molecule has 8 nitrogen and oxygen atoms in total. The quantitative estimate of drug-likeness (QED) is 0.893. The van der Waals surface area contributed by atoms with Crippen molar-refractivity contribution in [2.45, 2.75) is 33.2 Å². The van der Waals surface area contributed by atoms with Gasteiger partial charge in [0.1, 0.15) is 11.6 Å². The highest BCUT2D eigenvalue weighted by Crippen LogP contribution is 2.24. The first-order chi connectivity index (χ1) is 11.5. The summed E-state index contributed by atoms with van der Waals surface area (Å²) < 4.78 is 10.6. The van der Waals surface area contributed by atoms with Gasteiger partial charge in [-0.15, -0.1) is 0 Å². The number of amides is 1. The summed E-state index contributed by atoms with van der Waals surface area (Å²) in [5, 5.41) is 3.89. The second-order valence-electron chi connectivity index (χ2n) is 5.91. The molecule has 128 valence electrons. The number of aryl methyl sites for hydroxylation is 3. The lowest BCUT2D eigenvalue weighted by Gasteiger charge is -2.35. The molecule has 1 saturated heterocycles. The number of rotatable bonds is 3. The smallest absolute Gasteiger partial charge is 0.251 e. The van der Waals surface area contributed by atoms with Crippen LogP contribution in [0.25, 0.3) is 0 Å². The molecule has 24 heavy (non-hydrogen) atoms. The number of H-pyrrole nitrogens is 1. The van der Waals surface area contributed by atoms with Gasteiger partial charge in [-0.1, -0.05) is 5.16 Å². The van der Waals surface area contributed by atoms with Crippen molar-refractivity contribution in [1.29, 1.82) is 0 Å². The van der Waals surface area contributed by atoms with Crippen molar-refractivity contribution in [3.63, 3.8) is 0 Å². The zero-order valence-electron chi connectivity index (χ0n) is 14.0. The van der Waals surface area contributed by atoms with Crippen molar-refractivity contribution in [3.05, 3.63) is 45.0 Å². The molecule has 0 aliphatic carbocycles. The van der Waals surface area contributed by atoms with Gasteiger partial charge in [0.2, 0.25) is 5.91 Å². The zero-order chi connectivity index (χ0) is 17.3. The number of aromatic amines is 1. The van der Waals surface area contributed by atoms with E-state index < -0.39 is 0 Å². The van der Waals surface area contributed by atoms with E-state index in [0.717, 1.165) is 11.3 Å². The number of carbonyl (C=O) groups excluding carboxylic acids is 1. The van der Waals surface area contributed by atoms with Crippen LogP contribution in [-0.2, 0) is 16.0 Å². The molecule has 8 heteroatoms. The van der Waals surface area contributed by atoms with E-state index >= 15 is 0 Å². The monoisotopic (exact) mass is 332 g/mol. The molecule has 2 aromatic heterocycles. The van der Waals surface area contributed by atoms with E-state index in [0.29, 0.717) is 37.0 Å². The van der Waals surface area contributed by atoms with Crippen LogP contribution in [0.4, 0.5) is 0 Å². The molecule has 3 heterocycles. The Morgan fingerprint density at radius 2 is 2.21 bits per heavy atom. The molecule has 3 rings (SSSR count). The van der Waals surface area contributed by atoms with Gasteiger partial charge < -0.3 is 19.1 Å². The molecule has 1 atom stereocenters. The van der Waals surface area contributed by atoms with Crippen LogP contribution in [0.15, 0.2) is 15.4 Å². The molecule has 2 aromatic rings. The number of carbonyl (C=O) groups is 1. The molecule has 0 saturated carbocycles. The van der Waals surface area contributed by atoms with Gasteiger partial charge in [-0.2, -0.15) is 0 Å². The number of morpholine rings is 1. The summed E-state index contributed by atoms with van der Waals surface area (Å²) in [7, 11) is 0. The molecule has 0 bridgehead atoms. The molecule has 0 unspecified atom stereocenters. The molecule has 1 N–H and O–H groups in total. The van der Waals surface area contributed by atoms with Gasteiger partial charge >= 0.3 is 0 Å². The van der Waals surface area contributed by atoms with Crippen LogP contribution in [-0.4, -0.2) is 45.7 Å². The molecular weight excluding hydrogens is 312 g/mol. The van der Waals surface area contributed by atoms with Crippen molar-refractivity contribution >= 4 is 5.91 Å². The van der Waals surface area contributed by atoms with Crippen molar-refractivity contribution in [2.24, 2.45) is 0 Å². The third kappa shape index (κ3) is 3.23. The van der Waals surface area contributed by atoms with Crippen LogP contribution in [0.1, 0.15) is 34.6 Å². The van der Waals surface area contributed by atoms with Gasteiger partial charge in [0, 0.05) is 18.2 Å². The highest BCUT2D eigenvalue weighted by atomic mass is 16.5. The molecular formula is C16H20N4O4. The normalized spacial score (nSPS) is 18.0. The Bertz CT molecular complexity index is 791. The lowest BCUT2D eigenvalue weighted by molar-refractivity contribution is -0.139. The predicted octanol–water partition coefficient (Wildman–Crippen LogP) is 0.826. The lowest BCUT2D eigenvalue weighted by Crippen LogP contribution is -2.44. The maximum Gasteiger partial charge on any atom is 0.251 e. The number of nitrogens with one attached hydrogen (secondary N) is 1. The van der Waals surface area contributed by atoms with Crippen LogP contribution in [0.3, 0.4) is 0 Å². The minimum atomic E-state index is -0.368. The van der Waals surface area contributed by atoms with Gasteiger partial charge in [0.15, 0.2) is 0 Å². The van der Waals surface area contributed by atoms with Crippen molar-refractivity contribution in [1.82, 2.24) is 20.0 Å². The van der Waals surface area contributed by atoms with Crippen LogP contribution >= 0.6 is 0 Å². The second-order valence-corrected chi connectivity index (χ2v) is 5.91. The molecule has 0 radical (unpaired) electrons. The molecule has 0 aromatic carbocycles. The number of aromatic nitrogens is 3. The van der Waals surface area contributed by atoms with Crippen molar-refractivity contribution < 1.29 is 14.1 Å². The minimum absolute atomic E-state index is 0.0579. The van der Waals surface area contributed by atoms with E-state index in [1.807, 2.05) is 6.92 Å². The minimum Gasteiger partial charge on any atom is -0.377 e. The third-order valence-corrected chi connectivity index (χ3v) is 4.18. The largest absolute Gasteiger partial charge is 0.377 e. The Labute approximate surface area is 138 Å². The average Bonchev–Trinajstić information content (AvgIpc) is 2.86. The number of ether oxygens (including phenoxy) is 1. The highest BCUT2D eigenvalue weighted by Gasteiger charge is 2.31. The van der Waals surface area contributed by atoms with Gasteiger partial charge in [-0.25, -0.2) is 4.98 Å². The Balaban J connectivity index is 1.86. The van der Waals surface area contributed by atoms with Gasteiger partial charge in [-0.05, 0) is 20.8 Å². The topological polar surface area (TPSA) is 101 Å². The van der Waals surface area contributed by atoms with Crippen LogP contribution < -0.4 is 5.56 Å². The van der Waals surface area contributed by atoms with E-state index in [-0.39, 0.29) is 23.9 Å². The number of nitrogens with zero attached hydrogens (tertiary/aromatic N) is 3. The maximum absolute atomic E-state index is 12.8. The summed E-state index contributed by atoms with van der Waals surface area (Å²) in [5.74, 6) is 1.11. The fourth-order valence-corrected chi connectivity index (χ4v) is 2.93.